The molecule has 11 heteroatoms. The van der Waals surface area contributed by atoms with Crippen LogP contribution in [0.5, 0.6) is 0 Å². The zero-order valence-electron chi connectivity index (χ0n) is 13.4. The monoisotopic (exact) mass is 343 g/mol. The van der Waals surface area contributed by atoms with E-state index in [1.54, 1.807) is 20.0 Å². The molecule has 2 unspecified atom stereocenters. The lowest BCUT2D eigenvalue weighted by molar-refractivity contribution is -0.123. The molecule has 1 aliphatic carbocycles. The number of nitrogens with zero attached hydrogens (tertiary/aromatic N) is 3. The zero-order chi connectivity index (χ0) is 17.0. The van der Waals surface area contributed by atoms with Crippen LogP contribution in [-0.2, 0) is 20.2 Å². The molecule has 0 bridgehead atoms. The average Bonchev–Trinajstić information content (AvgIpc) is 2.88. The Balaban J connectivity index is 1.81. The third-order valence-electron chi connectivity index (χ3n) is 3.83. The summed E-state index contributed by atoms with van der Waals surface area (Å²) in [4.78, 5) is 21.5. The van der Waals surface area contributed by atoms with Crippen molar-refractivity contribution in [2.24, 2.45) is 5.73 Å². The third-order valence-corrected chi connectivity index (χ3v) is 5.62. The third kappa shape index (κ3) is 5.14. The fourth-order valence-corrected chi connectivity index (χ4v) is 2.55. The highest BCUT2D eigenvalue weighted by molar-refractivity contribution is 7.54. The van der Waals surface area contributed by atoms with E-state index in [4.69, 9.17) is 10.2 Å². The highest BCUT2D eigenvalue weighted by Crippen LogP contribution is 2.46. The Morgan fingerprint density at radius 2 is 2.35 bits per heavy atom. The summed E-state index contributed by atoms with van der Waals surface area (Å²) >= 11 is 0. The highest BCUT2D eigenvalue weighted by Gasteiger charge is 2.26. The molecule has 1 heterocycles. The maximum Gasteiger partial charge on any atom is 0.428 e. The summed E-state index contributed by atoms with van der Waals surface area (Å²) in [6.07, 6.45) is 4.95. The van der Waals surface area contributed by atoms with Crippen LogP contribution in [-0.4, -0.2) is 51.1 Å². The summed E-state index contributed by atoms with van der Waals surface area (Å²) in [6.45, 7) is 3.21. The number of nitrogens with one attached hydrogen (secondary N) is 1. The van der Waals surface area contributed by atoms with E-state index in [1.807, 2.05) is 0 Å². The van der Waals surface area contributed by atoms with Gasteiger partial charge in [-0.05, 0) is 19.3 Å². The predicted molar refractivity (Wildman–Crippen MR) is 86.1 cm³/mol. The van der Waals surface area contributed by atoms with Gasteiger partial charge in [-0.25, -0.2) is 0 Å². The normalized spacial score (nSPS) is 19.0. The van der Waals surface area contributed by atoms with E-state index in [0.29, 0.717) is 5.69 Å². The van der Waals surface area contributed by atoms with Crippen LogP contribution < -0.4 is 11.1 Å². The van der Waals surface area contributed by atoms with Gasteiger partial charge in [0.25, 0.3) is 0 Å². The van der Waals surface area contributed by atoms with Gasteiger partial charge >= 0.3 is 15.2 Å². The quantitative estimate of drug-likeness (QED) is 0.430. The van der Waals surface area contributed by atoms with Crippen LogP contribution in [0.25, 0.3) is 0 Å². The maximum atomic E-state index is 11.9. The largest absolute Gasteiger partial charge is 0.428 e. The Bertz CT molecular complexity index is 592. The molecule has 128 valence electrons. The van der Waals surface area contributed by atoms with E-state index in [-0.39, 0.29) is 26.0 Å². The maximum absolute atomic E-state index is 11.9. The van der Waals surface area contributed by atoms with Crippen molar-refractivity contribution in [3.05, 3.63) is 11.9 Å². The van der Waals surface area contributed by atoms with Crippen LogP contribution in [0, 0.1) is 0 Å². The Hall–Kier alpha value is -1.22. The summed E-state index contributed by atoms with van der Waals surface area (Å²) in [5.74, 6) is -0.194. The number of amides is 1. The van der Waals surface area contributed by atoms with Gasteiger partial charge in [0.05, 0.1) is 17.4 Å². The number of carbonyl (C=O) groups is 1. The second-order valence-electron chi connectivity index (χ2n) is 6.11. The lowest BCUT2D eigenvalue weighted by Gasteiger charge is -2.27. The van der Waals surface area contributed by atoms with Crippen LogP contribution >= 0.6 is 7.60 Å². The van der Waals surface area contributed by atoms with Crippen molar-refractivity contribution in [2.75, 3.05) is 0 Å². The Kier molecular flexibility index (Phi) is 5.97. The number of hydrogen-bond acceptors (Lipinski definition) is 6. The molecule has 1 aromatic rings. The van der Waals surface area contributed by atoms with Crippen molar-refractivity contribution in [3.8, 4) is 0 Å². The molecule has 0 aliphatic heterocycles. The predicted octanol–water partition coefficient (Wildman–Crippen LogP) is -0.458. The smallest absolute Gasteiger partial charge is 0.352 e. The first kappa shape index (κ1) is 18.1. The molecule has 0 radical (unpaired) electrons. The molecule has 0 aromatic carbocycles. The first-order chi connectivity index (χ1) is 10.8. The van der Waals surface area contributed by atoms with Gasteiger partial charge in [0.1, 0.15) is 0 Å². The summed E-state index contributed by atoms with van der Waals surface area (Å²) in [5.41, 5.74) is 5.90. The number of carbonyl (C=O) groups excluding carboxylic acids is 1. The molecule has 4 N–H and O–H groups in total. The summed E-state index contributed by atoms with van der Waals surface area (Å²) < 4.78 is 18.0. The van der Waals surface area contributed by atoms with Gasteiger partial charge in [0.15, 0.2) is 0 Å². The van der Waals surface area contributed by atoms with E-state index in [1.165, 1.54) is 4.59 Å². The van der Waals surface area contributed by atoms with Gasteiger partial charge < -0.3 is 20.4 Å². The minimum absolute atomic E-state index is 0.178. The first-order valence-corrected chi connectivity index (χ1v) is 9.34. The molecule has 1 aliphatic rings. The molecule has 9 nitrogen and oxygen atoms in total. The lowest BCUT2D eigenvalue weighted by Crippen LogP contribution is -2.48. The van der Waals surface area contributed by atoms with Crippen molar-refractivity contribution >= 4 is 21.1 Å². The molecular formula is C12H23BN5O4P. The van der Waals surface area contributed by atoms with Crippen molar-refractivity contribution < 1.29 is 18.7 Å². The molecule has 2 atom stereocenters. The first-order valence-electron chi connectivity index (χ1n) is 7.70. The fraction of sp³-hybridized carbons (Fsp3) is 0.750. The second kappa shape index (κ2) is 7.57. The molecule has 1 saturated carbocycles. The Morgan fingerprint density at radius 1 is 1.65 bits per heavy atom. The minimum atomic E-state index is -3.65. The van der Waals surface area contributed by atoms with Crippen LogP contribution in [0.3, 0.4) is 0 Å². The van der Waals surface area contributed by atoms with Gasteiger partial charge in [0.2, 0.25) is 5.91 Å². The molecular weight excluding hydrogens is 320 g/mol. The molecule has 0 saturated heterocycles. The Labute approximate surface area is 135 Å². The fourth-order valence-electron chi connectivity index (χ4n) is 1.96. The standard InChI is InChI=1S/C12H23BN5O4P/c1-8(2)23(20,21)22-13-18-7-10(16-17-18)6-11(14)12(19)15-9-4-3-5-9/h7-9,11,13H,3-6,14H2,1-2H3,(H,15,19)(H,20,21). The van der Waals surface area contributed by atoms with Crippen LogP contribution in [0.1, 0.15) is 38.8 Å². The minimum Gasteiger partial charge on any atom is -0.352 e. The van der Waals surface area contributed by atoms with E-state index >= 15 is 0 Å². The molecule has 0 spiro atoms. The van der Waals surface area contributed by atoms with Crippen molar-refractivity contribution in [1.82, 2.24) is 20.2 Å². The SMILES string of the molecule is CC(C)P(=O)(O)OBn1cc(CC(N)C(=O)NC2CCC2)nn1. The number of nitrogens with two attached hydrogens (primary N) is 1. The number of rotatable bonds is 8. The Morgan fingerprint density at radius 3 is 2.91 bits per heavy atom. The van der Waals surface area contributed by atoms with Gasteiger partial charge in [-0.15, -0.1) is 5.10 Å². The zero-order valence-corrected chi connectivity index (χ0v) is 14.3. The second-order valence-corrected chi connectivity index (χ2v) is 8.53. The van der Waals surface area contributed by atoms with Crippen molar-refractivity contribution in [2.45, 2.75) is 57.3 Å². The summed E-state index contributed by atoms with van der Waals surface area (Å²) in [5, 5.41) is 10.6. The van der Waals surface area contributed by atoms with Gasteiger partial charge in [0, 0.05) is 18.7 Å². The summed E-state index contributed by atoms with van der Waals surface area (Å²) in [6, 6.07) is -0.450. The van der Waals surface area contributed by atoms with Crippen LogP contribution in [0.2, 0.25) is 0 Å². The van der Waals surface area contributed by atoms with Crippen LogP contribution in [0.15, 0.2) is 6.20 Å². The molecule has 1 aromatic heterocycles. The van der Waals surface area contributed by atoms with Gasteiger partial charge in [-0.1, -0.05) is 19.1 Å². The van der Waals surface area contributed by atoms with Crippen molar-refractivity contribution in [1.29, 1.82) is 0 Å². The molecule has 1 amide bonds. The highest BCUT2D eigenvalue weighted by atomic mass is 31.2. The number of aromatic nitrogens is 3. The van der Waals surface area contributed by atoms with E-state index in [0.717, 1.165) is 19.3 Å². The van der Waals surface area contributed by atoms with E-state index < -0.39 is 19.3 Å². The summed E-state index contributed by atoms with van der Waals surface area (Å²) in [7, 11) is -3.83. The molecule has 1 fully saturated rings. The van der Waals surface area contributed by atoms with Gasteiger partial charge in [-0.2, -0.15) is 0 Å². The molecule has 2 rings (SSSR count). The van der Waals surface area contributed by atoms with E-state index in [9.17, 15) is 14.3 Å². The molecule has 23 heavy (non-hydrogen) atoms. The lowest BCUT2D eigenvalue weighted by atomic mass is 9.93. The average molecular weight is 343 g/mol. The topological polar surface area (TPSA) is 132 Å². The van der Waals surface area contributed by atoms with Crippen LogP contribution in [0.4, 0.5) is 0 Å². The van der Waals surface area contributed by atoms with Gasteiger partial charge in [-0.3, -0.25) is 14.0 Å². The van der Waals surface area contributed by atoms with Crippen molar-refractivity contribution in [3.63, 3.8) is 0 Å². The number of hydrogen-bond donors (Lipinski definition) is 3. The van der Waals surface area contributed by atoms with E-state index in [2.05, 4.69) is 15.6 Å².